The van der Waals surface area contributed by atoms with E-state index in [-0.39, 0.29) is 22.3 Å². The van der Waals surface area contributed by atoms with E-state index in [0.29, 0.717) is 18.7 Å². The summed E-state index contributed by atoms with van der Waals surface area (Å²) in [5, 5.41) is 12.2. The Morgan fingerprint density at radius 2 is 2.15 bits per heavy atom. The molecular formula is C19H20F4N2O2. The van der Waals surface area contributed by atoms with E-state index in [1.807, 2.05) is 11.9 Å². The van der Waals surface area contributed by atoms with Crippen molar-refractivity contribution in [2.45, 2.75) is 31.2 Å². The minimum Gasteiger partial charge on any atom is -0.445 e. The molecule has 1 aliphatic rings. The van der Waals surface area contributed by atoms with Gasteiger partial charge in [0.1, 0.15) is 12.8 Å². The third-order valence-electron chi connectivity index (χ3n) is 4.56. The molecule has 3 rings (SSSR count). The molecule has 146 valence electrons. The maximum absolute atomic E-state index is 14.3. The van der Waals surface area contributed by atoms with Gasteiger partial charge in [0.25, 0.3) is 0 Å². The zero-order valence-electron chi connectivity index (χ0n) is 14.7. The smallest absolute Gasteiger partial charge is 0.393 e. The number of piperidine rings is 1. The van der Waals surface area contributed by atoms with Crippen LogP contribution in [0.5, 0.6) is 0 Å². The maximum atomic E-state index is 14.3. The van der Waals surface area contributed by atoms with Gasteiger partial charge in [0.2, 0.25) is 0 Å². The Bertz CT molecular complexity index is 866. The van der Waals surface area contributed by atoms with Gasteiger partial charge in [0.15, 0.2) is 11.3 Å². The van der Waals surface area contributed by atoms with E-state index in [1.54, 1.807) is 12.1 Å². The largest absolute Gasteiger partial charge is 0.445 e. The number of nitrogens with zero attached hydrogens (tertiary/aromatic N) is 1. The summed E-state index contributed by atoms with van der Waals surface area (Å²) in [5.41, 5.74) is 0.567. The zero-order valence-corrected chi connectivity index (χ0v) is 14.7. The predicted molar refractivity (Wildman–Crippen MR) is 94.4 cm³/mol. The quantitative estimate of drug-likeness (QED) is 0.630. The first kappa shape index (κ1) is 19.5. The summed E-state index contributed by atoms with van der Waals surface area (Å²) < 4.78 is 58.9. The van der Waals surface area contributed by atoms with Crippen molar-refractivity contribution < 1.29 is 27.1 Å². The number of aliphatic hydroxyl groups is 1. The number of hydrogen-bond donors (Lipinski definition) is 2. The van der Waals surface area contributed by atoms with Crippen molar-refractivity contribution in [2.75, 3.05) is 32.1 Å². The van der Waals surface area contributed by atoms with Crippen LogP contribution >= 0.6 is 0 Å². The molecule has 1 saturated heterocycles. The van der Waals surface area contributed by atoms with Crippen LogP contribution in [0.3, 0.4) is 0 Å². The van der Waals surface area contributed by atoms with Gasteiger partial charge in [-0.15, -0.1) is 0 Å². The summed E-state index contributed by atoms with van der Waals surface area (Å²) in [6, 6.07) is 4.33. The van der Waals surface area contributed by atoms with E-state index >= 15 is 0 Å². The number of alkyl halides is 4. The average Bonchev–Trinajstić information content (AvgIpc) is 2.92. The highest BCUT2D eigenvalue weighted by Crippen LogP contribution is 2.35. The van der Waals surface area contributed by atoms with E-state index in [0.717, 1.165) is 6.54 Å². The number of anilines is 1. The Morgan fingerprint density at radius 3 is 2.81 bits per heavy atom. The zero-order chi connectivity index (χ0) is 19.6. The topological polar surface area (TPSA) is 48.6 Å². The van der Waals surface area contributed by atoms with Crippen molar-refractivity contribution in [3.8, 4) is 11.8 Å². The van der Waals surface area contributed by atoms with Crippen LogP contribution in [-0.2, 0) is 6.42 Å². The standard InChI is InChI=1S/C19H20F4N2O2/c1-25-8-7-15(14(20)11-25)24-16-5-2-4-12-13(10-19(21,22)23)17(6-3-9-26)27-18(12)16/h2,4-5,14-15,24,26H,7-11H2,1H3/t14-,15+/m0/s1. The van der Waals surface area contributed by atoms with Gasteiger partial charge < -0.3 is 19.7 Å². The number of hydrogen-bond acceptors (Lipinski definition) is 4. The first-order chi connectivity index (χ1) is 12.8. The van der Waals surface area contributed by atoms with E-state index in [2.05, 4.69) is 17.2 Å². The monoisotopic (exact) mass is 384 g/mol. The Labute approximate surface area is 154 Å². The molecule has 2 aromatic rings. The number of rotatable bonds is 3. The van der Waals surface area contributed by atoms with Gasteiger partial charge in [-0.25, -0.2) is 4.39 Å². The van der Waals surface area contributed by atoms with Crippen molar-refractivity contribution in [1.29, 1.82) is 0 Å². The van der Waals surface area contributed by atoms with E-state index in [1.165, 1.54) is 6.07 Å². The number of furan rings is 1. The number of nitrogens with one attached hydrogen (secondary N) is 1. The molecular weight excluding hydrogens is 364 g/mol. The lowest BCUT2D eigenvalue weighted by Crippen LogP contribution is -2.46. The van der Waals surface area contributed by atoms with Crippen molar-refractivity contribution in [3.63, 3.8) is 0 Å². The first-order valence-electron chi connectivity index (χ1n) is 8.58. The summed E-state index contributed by atoms with van der Waals surface area (Å²) in [6.07, 6.45) is -6.16. The fourth-order valence-corrected chi connectivity index (χ4v) is 3.30. The van der Waals surface area contributed by atoms with Gasteiger partial charge in [0.05, 0.1) is 18.2 Å². The van der Waals surface area contributed by atoms with E-state index in [9.17, 15) is 17.6 Å². The van der Waals surface area contributed by atoms with Gasteiger partial charge in [-0.1, -0.05) is 18.1 Å². The second-order valence-corrected chi connectivity index (χ2v) is 6.66. The van der Waals surface area contributed by atoms with Crippen molar-refractivity contribution >= 4 is 16.7 Å². The molecule has 0 aliphatic carbocycles. The Kier molecular flexibility index (Phi) is 5.63. The molecule has 1 aromatic carbocycles. The van der Waals surface area contributed by atoms with Gasteiger partial charge in [-0.05, 0) is 25.5 Å². The molecule has 1 aliphatic heterocycles. The summed E-state index contributed by atoms with van der Waals surface area (Å²) >= 11 is 0. The molecule has 2 heterocycles. The van der Waals surface area contributed by atoms with E-state index in [4.69, 9.17) is 9.52 Å². The summed E-state index contributed by atoms with van der Waals surface area (Å²) in [4.78, 5) is 1.89. The maximum Gasteiger partial charge on any atom is 0.393 e. The first-order valence-corrected chi connectivity index (χ1v) is 8.58. The third kappa shape index (κ3) is 4.54. The molecule has 0 spiro atoms. The highest BCUT2D eigenvalue weighted by Gasteiger charge is 2.33. The van der Waals surface area contributed by atoms with Crippen LogP contribution in [-0.4, -0.2) is 55.1 Å². The normalized spacial score (nSPS) is 21.1. The second-order valence-electron chi connectivity index (χ2n) is 6.66. The SMILES string of the molecule is CN1CC[C@@H](Nc2cccc3c(CC(F)(F)F)c(C#CCO)oc23)[C@@H](F)C1. The van der Waals surface area contributed by atoms with Crippen molar-refractivity contribution in [1.82, 2.24) is 4.90 Å². The van der Waals surface area contributed by atoms with Crippen LogP contribution in [0.1, 0.15) is 17.7 Å². The molecule has 0 amide bonds. The number of benzene rings is 1. The molecule has 0 bridgehead atoms. The molecule has 27 heavy (non-hydrogen) atoms. The fourth-order valence-electron chi connectivity index (χ4n) is 3.30. The van der Waals surface area contributed by atoms with Crippen LogP contribution in [0.15, 0.2) is 22.6 Å². The summed E-state index contributed by atoms with van der Waals surface area (Å²) in [7, 11) is 1.84. The number of para-hydroxylation sites is 1. The van der Waals surface area contributed by atoms with Gasteiger partial charge >= 0.3 is 6.18 Å². The van der Waals surface area contributed by atoms with Gasteiger partial charge in [0, 0.05) is 24.0 Å². The molecule has 4 nitrogen and oxygen atoms in total. The molecule has 8 heteroatoms. The van der Waals surface area contributed by atoms with Gasteiger partial charge in [-0.2, -0.15) is 13.2 Å². The molecule has 1 aromatic heterocycles. The molecule has 2 N–H and O–H groups in total. The Hall–Kier alpha value is -2.24. The third-order valence-corrected chi connectivity index (χ3v) is 4.56. The van der Waals surface area contributed by atoms with Crippen LogP contribution in [0.25, 0.3) is 11.0 Å². The molecule has 0 unspecified atom stereocenters. The lowest BCUT2D eigenvalue weighted by atomic mass is 10.0. The lowest BCUT2D eigenvalue weighted by molar-refractivity contribution is -0.127. The van der Waals surface area contributed by atoms with Crippen molar-refractivity contribution in [3.05, 3.63) is 29.5 Å². The lowest BCUT2D eigenvalue weighted by Gasteiger charge is -2.33. The second kappa shape index (κ2) is 7.79. The van der Waals surface area contributed by atoms with Crippen LogP contribution in [0, 0.1) is 11.8 Å². The number of halogens is 4. The highest BCUT2D eigenvalue weighted by molar-refractivity contribution is 5.93. The summed E-state index contributed by atoms with van der Waals surface area (Å²) in [5.74, 6) is 4.63. The number of fused-ring (bicyclic) bond motifs is 1. The van der Waals surface area contributed by atoms with Crippen LogP contribution in [0.4, 0.5) is 23.2 Å². The number of likely N-dealkylation sites (tertiary alicyclic amines) is 1. The predicted octanol–water partition coefficient (Wildman–Crippen LogP) is 3.34. The Balaban J connectivity index is 2.00. The van der Waals surface area contributed by atoms with Crippen molar-refractivity contribution in [2.24, 2.45) is 0 Å². The van der Waals surface area contributed by atoms with E-state index < -0.39 is 31.4 Å². The molecule has 0 radical (unpaired) electrons. The minimum absolute atomic E-state index is 0.0812. The summed E-state index contributed by atoms with van der Waals surface area (Å²) in [6.45, 7) is 0.518. The molecule has 2 atom stereocenters. The van der Waals surface area contributed by atoms with Crippen LogP contribution < -0.4 is 5.32 Å². The Morgan fingerprint density at radius 1 is 1.37 bits per heavy atom. The molecule has 0 saturated carbocycles. The minimum atomic E-state index is -4.44. The van der Waals surface area contributed by atoms with Crippen LogP contribution in [0.2, 0.25) is 0 Å². The number of aliphatic hydroxyl groups excluding tert-OH is 1. The fraction of sp³-hybridized carbons (Fsp3) is 0.474. The van der Waals surface area contributed by atoms with Gasteiger partial charge in [-0.3, -0.25) is 0 Å². The average molecular weight is 384 g/mol. The molecule has 1 fully saturated rings. The highest BCUT2D eigenvalue weighted by atomic mass is 19.4.